The van der Waals surface area contributed by atoms with E-state index in [0.717, 1.165) is 0 Å². The number of rotatable bonds is 5. The fraction of sp³-hybridized carbons (Fsp3) is 0.385. The number of primary amides is 1. The van der Waals surface area contributed by atoms with Crippen molar-refractivity contribution >= 4 is 17.5 Å². The number of amides is 2. The van der Waals surface area contributed by atoms with Crippen molar-refractivity contribution in [3.05, 3.63) is 23.8 Å². The largest absolute Gasteiger partial charge is 0.494 e. The summed E-state index contributed by atoms with van der Waals surface area (Å²) in [5.41, 5.74) is 11.6. The summed E-state index contributed by atoms with van der Waals surface area (Å²) < 4.78 is 5.10. The first kappa shape index (κ1) is 14.8. The molecule has 0 bridgehead atoms. The average molecular weight is 265 g/mol. The van der Waals surface area contributed by atoms with Crippen molar-refractivity contribution in [3.63, 3.8) is 0 Å². The van der Waals surface area contributed by atoms with Crippen molar-refractivity contribution in [3.8, 4) is 5.75 Å². The normalized spacial score (nSPS) is 12.0. The first-order valence-electron chi connectivity index (χ1n) is 5.91. The molecule has 1 aromatic rings. The highest BCUT2D eigenvalue weighted by Crippen LogP contribution is 2.25. The number of nitrogens with two attached hydrogens (primary N) is 2. The molecular formula is C13H19N3O3. The zero-order valence-corrected chi connectivity index (χ0v) is 11.3. The van der Waals surface area contributed by atoms with Crippen LogP contribution in [0.2, 0.25) is 0 Å². The van der Waals surface area contributed by atoms with Crippen molar-refractivity contribution < 1.29 is 14.3 Å². The van der Waals surface area contributed by atoms with Gasteiger partial charge in [-0.3, -0.25) is 9.59 Å². The number of nitrogen functional groups attached to an aromatic ring is 1. The van der Waals surface area contributed by atoms with Crippen LogP contribution < -0.4 is 21.5 Å². The molecule has 0 fully saturated rings. The quantitative estimate of drug-likeness (QED) is 0.674. The molecule has 0 saturated carbocycles. The van der Waals surface area contributed by atoms with Gasteiger partial charge in [0.2, 0.25) is 5.91 Å². The molecule has 19 heavy (non-hydrogen) atoms. The van der Waals surface area contributed by atoms with Gasteiger partial charge >= 0.3 is 0 Å². The molecule has 1 atom stereocenters. The van der Waals surface area contributed by atoms with E-state index < -0.39 is 17.9 Å². The van der Waals surface area contributed by atoms with Gasteiger partial charge in [-0.15, -0.1) is 0 Å². The van der Waals surface area contributed by atoms with Crippen molar-refractivity contribution in [2.24, 2.45) is 11.7 Å². The SMILES string of the molecule is COc1c(N)cccc1C(=O)NC(C(N)=O)C(C)C. The molecule has 1 aromatic carbocycles. The van der Waals surface area contributed by atoms with E-state index in [2.05, 4.69) is 5.32 Å². The number of para-hydroxylation sites is 1. The number of nitrogens with one attached hydrogen (secondary N) is 1. The molecule has 0 aliphatic rings. The second-order valence-corrected chi connectivity index (χ2v) is 4.53. The molecular weight excluding hydrogens is 246 g/mol. The fourth-order valence-corrected chi connectivity index (χ4v) is 1.75. The minimum absolute atomic E-state index is 0.103. The van der Waals surface area contributed by atoms with E-state index in [1.807, 2.05) is 0 Å². The van der Waals surface area contributed by atoms with E-state index in [-0.39, 0.29) is 17.2 Å². The minimum Gasteiger partial charge on any atom is -0.494 e. The van der Waals surface area contributed by atoms with Crippen LogP contribution in [-0.2, 0) is 4.79 Å². The van der Waals surface area contributed by atoms with Gasteiger partial charge < -0.3 is 21.5 Å². The summed E-state index contributed by atoms with van der Waals surface area (Å²) in [6, 6.07) is 4.10. The third-order valence-corrected chi connectivity index (χ3v) is 2.75. The first-order valence-corrected chi connectivity index (χ1v) is 5.91. The van der Waals surface area contributed by atoms with Crippen molar-refractivity contribution in [2.75, 3.05) is 12.8 Å². The molecule has 1 rings (SSSR count). The summed E-state index contributed by atoms with van der Waals surface area (Å²) in [5, 5.41) is 2.59. The molecule has 2 amide bonds. The van der Waals surface area contributed by atoms with E-state index in [9.17, 15) is 9.59 Å². The highest BCUT2D eigenvalue weighted by atomic mass is 16.5. The number of anilines is 1. The van der Waals surface area contributed by atoms with Gasteiger partial charge in [0.05, 0.1) is 18.4 Å². The van der Waals surface area contributed by atoms with Crippen LogP contribution in [0.5, 0.6) is 5.75 Å². The Morgan fingerprint density at radius 2 is 1.95 bits per heavy atom. The van der Waals surface area contributed by atoms with E-state index in [1.165, 1.54) is 7.11 Å². The third-order valence-electron chi connectivity index (χ3n) is 2.75. The van der Waals surface area contributed by atoms with Crippen LogP contribution >= 0.6 is 0 Å². The Morgan fingerprint density at radius 3 is 2.42 bits per heavy atom. The Balaban J connectivity index is 3.01. The molecule has 0 aromatic heterocycles. The molecule has 0 heterocycles. The van der Waals surface area contributed by atoms with E-state index in [0.29, 0.717) is 5.69 Å². The van der Waals surface area contributed by atoms with Crippen LogP contribution in [0, 0.1) is 5.92 Å². The predicted octanol–water partition coefficient (Wildman–Crippen LogP) is 0.517. The number of carbonyl (C=O) groups is 2. The second-order valence-electron chi connectivity index (χ2n) is 4.53. The Kier molecular flexibility index (Phi) is 4.74. The van der Waals surface area contributed by atoms with Gasteiger partial charge in [0.25, 0.3) is 5.91 Å². The maximum Gasteiger partial charge on any atom is 0.255 e. The van der Waals surface area contributed by atoms with Crippen LogP contribution in [0.25, 0.3) is 0 Å². The molecule has 0 radical (unpaired) electrons. The molecule has 5 N–H and O–H groups in total. The highest BCUT2D eigenvalue weighted by Gasteiger charge is 2.24. The van der Waals surface area contributed by atoms with Gasteiger partial charge in [-0.05, 0) is 18.1 Å². The van der Waals surface area contributed by atoms with Crippen LogP contribution in [0.1, 0.15) is 24.2 Å². The lowest BCUT2D eigenvalue weighted by Gasteiger charge is -2.20. The molecule has 1 unspecified atom stereocenters. The van der Waals surface area contributed by atoms with Crippen molar-refractivity contribution in [1.82, 2.24) is 5.32 Å². The molecule has 6 nitrogen and oxygen atoms in total. The van der Waals surface area contributed by atoms with Gasteiger partial charge in [0.1, 0.15) is 6.04 Å². The van der Waals surface area contributed by atoms with Crippen LogP contribution in [0.4, 0.5) is 5.69 Å². The summed E-state index contributed by atoms with van der Waals surface area (Å²) in [6.45, 7) is 3.60. The molecule has 0 saturated heterocycles. The zero-order valence-electron chi connectivity index (χ0n) is 11.3. The summed E-state index contributed by atoms with van der Waals surface area (Å²) >= 11 is 0. The lowest BCUT2D eigenvalue weighted by atomic mass is 10.0. The Hall–Kier alpha value is -2.24. The first-order chi connectivity index (χ1) is 8.88. The van der Waals surface area contributed by atoms with Crippen molar-refractivity contribution in [2.45, 2.75) is 19.9 Å². The number of methoxy groups -OCH3 is 1. The maximum atomic E-state index is 12.1. The summed E-state index contributed by atoms with van der Waals surface area (Å²) in [7, 11) is 1.43. The third kappa shape index (κ3) is 3.37. The molecule has 104 valence electrons. The van der Waals surface area contributed by atoms with Gasteiger partial charge in [0.15, 0.2) is 5.75 Å². The summed E-state index contributed by atoms with van der Waals surface area (Å²) in [5.74, 6) is -0.839. The molecule has 0 aliphatic carbocycles. The van der Waals surface area contributed by atoms with Crippen LogP contribution in [0.15, 0.2) is 18.2 Å². The fourth-order valence-electron chi connectivity index (χ4n) is 1.75. The number of hydrogen-bond donors (Lipinski definition) is 3. The standard InChI is InChI=1S/C13H19N3O3/c1-7(2)10(12(15)17)16-13(18)8-5-4-6-9(14)11(8)19-3/h4-7,10H,14H2,1-3H3,(H2,15,17)(H,16,18). The Bertz CT molecular complexity index is 486. The molecule has 0 spiro atoms. The van der Waals surface area contributed by atoms with Gasteiger partial charge in [0, 0.05) is 0 Å². The number of carbonyl (C=O) groups excluding carboxylic acids is 2. The smallest absolute Gasteiger partial charge is 0.255 e. The minimum atomic E-state index is -0.737. The number of benzene rings is 1. The van der Waals surface area contributed by atoms with Crippen LogP contribution in [0.3, 0.4) is 0 Å². The van der Waals surface area contributed by atoms with Crippen molar-refractivity contribution in [1.29, 1.82) is 0 Å². The summed E-state index contributed by atoms with van der Waals surface area (Å²) in [6.07, 6.45) is 0. The number of hydrogen-bond acceptors (Lipinski definition) is 4. The summed E-state index contributed by atoms with van der Waals surface area (Å²) in [4.78, 5) is 23.4. The zero-order chi connectivity index (χ0) is 14.6. The van der Waals surface area contributed by atoms with Gasteiger partial charge in [-0.1, -0.05) is 19.9 Å². The van der Waals surface area contributed by atoms with Crippen LogP contribution in [-0.4, -0.2) is 25.0 Å². The predicted molar refractivity (Wildman–Crippen MR) is 72.7 cm³/mol. The topological polar surface area (TPSA) is 107 Å². The lowest BCUT2D eigenvalue weighted by Crippen LogP contribution is -2.47. The second kappa shape index (κ2) is 6.08. The van der Waals surface area contributed by atoms with E-state index >= 15 is 0 Å². The highest BCUT2D eigenvalue weighted by molar-refractivity contribution is 6.00. The molecule has 0 aliphatic heterocycles. The lowest BCUT2D eigenvalue weighted by molar-refractivity contribution is -0.120. The maximum absolute atomic E-state index is 12.1. The molecule has 6 heteroatoms. The van der Waals surface area contributed by atoms with Gasteiger partial charge in [-0.2, -0.15) is 0 Å². The monoisotopic (exact) mass is 265 g/mol. The van der Waals surface area contributed by atoms with E-state index in [1.54, 1.807) is 32.0 Å². The van der Waals surface area contributed by atoms with Gasteiger partial charge in [-0.25, -0.2) is 0 Å². The Labute approximate surface area is 112 Å². The Morgan fingerprint density at radius 1 is 1.32 bits per heavy atom. The average Bonchev–Trinajstić information content (AvgIpc) is 2.34. The number of ether oxygens (including phenoxy) is 1. The van der Waals surface area contributed by atoms with E-state index in [4.69, 9.17) is 16.2 Å².